The van der Waals surface area contributed by atoms with Gasteiger partial charge in [-0.15, -0.1) is 12.4 Å². The van der Waals surface area contributed by atoms with E-state index < -0.39 is 0 Å². The van der Waals surface area contributed by atoms with E-state index in [0.717, 1.165) is 26.5 Å². The number of nitrogens with two attached hydrogens (primary N) is 1. The average molecular weight is 484 g/mol. The number of fused-ring (bicyclic) bond motifs is 1. The van der Waals surface area contributed by atoms with Crippen LogP contribution < -0.4 is 5.73 Å². The van der Waals surface area contributed by atoms with Crippen LogP contribution in [0.2, 0.25) is 0 Å². The van der Waals surface area contributed by atoms with Crippen LogP contribution in [0.5, 0.6) is 0 Å². The van der Waals surface area contributed by atoms with Gasteiger partial charge in [0, 0.05) is 28.7 Å². The predicted octanol–water partition coefficient (Wildman–Crippen LogP) is 5.80. The highest BCUT2D eigenvalue weighted by Gasteiger charge is 2.18. The Morgan fingerprint density at radius 3 is 2.73 bits per heavy atom. The maximum atomic E-state index is 12.7. The van der Waals surface area contributed by atoms with E-state index in [2.05, 4.69) is 26.8 Å². The maximum absolute atomic E-state index is 12.7. The van der Waals surface area contributed by atoms with Crippen LogP contribution in [0.25, 0.3) is 27.5 Å². The SMILES string of the molecule is Cl.[C-]#[N+]/C(=C\c1cc(C#N)ccc1C)c1cn(C(=O)C[C@H](C)N)c2ccc(Br)cc12. The fraction of sp³-hybridized carbons (Fsp3) is 0.174. The summed E-state index contributed by atoms with van der Waals surface area (Å²) in [6, 6.07) is 12.9. The van der Waals surface area contributed by atoms with Gasteiger partial charge < -0.3 is 5.73 Å². The van der Waals surface area contributed by atoms with E-state index in [1.54, 1.807) is 35.9 Å². The summed E-state index contributed by atoms with van der Waals surface area (Å²) in [5, 5.41) is 9.98. The molecule has 2 N–H and O–H groups in total. The summed E-state index contributed by atoms with van der Waals surface area (Å²) in [5.41, 5.74) is 9.89. The molecule has 0 saturated heterocycles. The fourth-order valence-corrected chi connectivity index (χ4v) is 3.53. The van der Waals surface area contributed by atoms with Crippen molar-refractivity contribution in [2.24, 2.45) is 5.73 Å². The van der Waals surface area contributed by atoms with Crippen LogP contribution in [0.3, 0.4) is 0 Å². The Kier molecular flexibility index (Phi) is 7.59. The number of aromatic nitrogens is 1. The molecule has 0 bridgehead atoms. The number of benzene rings is 2. The molecule has 1 aromatic heterocycles. The van der Waals surface area contributed by atoms with Gasteiger partial charge in [0.05, 0.1) is 23.7 Å². The molecule has 2 aromatic carbocycles. The molecular formula is C23H20BrClN4O. The molecule has 0 aliphatic heterocycles. The van der Waals surface area contributed by atoms with E-state index in [1.165, 1.54) is 0 Å². The van der Waals surface area contributed by atoms with Crippen molar-refractivity contribution in [2.75, 3.05) is 0 Å². The van der Waals surface area contributed by atoms with Crippen molar-refractivity contribution in [3.63, 3.8) is 0 Å². The second-order valence-corrected chi connectivity index (χ2v) is 7.89. The van der Waals surface area contributed by atoms with Crippen molar-refractivity contribution in [3.8, 4) is 6.07 Å². The molecule has 0 amide bonds. The highest BCUT2D eigenvalue weighted by Crippen LogP contribution is 2.32. The Morgan fingerprint density at radius 2 is 2.10 bits per heavy atom. The zero-order valence-corrected chi connectivity index (χ0v) is 18.9. The van der Waals surface area contributed by atoms with Crippen LogP contribution in [0.1, 0.15) is 40.4 Å². The summed E-state index contributed by atoms with van der Waals surface area (Å²) in [6.45, 7) is 11.5. The van der Waals surface area contributed by atoms with Gasteiger partial charge in [0.1, 0.15) is 0 Å². The minimum Gasteiger partial charge on any atom is -0.327 e. The molecule has 0 spiro atoms. The van der Waals surface area contributed by atoms with Gasteiger partial charge in [-0.25, -0.2) is 4.85 Å². The summed E-state index contributed by atoms with van der Waals surface area (Å²) in [5.74, 6) is -0.120. The Balaban J connectivity index is 0.00000320. The number of aryl methyl sites for hydroxylation is 1. The topological polar surface area (TPSA) is 76.2 Å². The standard InChI is InChI=1S/C23H19BrN4O.ClH/c1-14-4-5-16(12-25)9-17(14)10-21(27-3)20-13-28(23(29)8-15(2)26)22-7-6-18(24)11-19(20)22;/h4-7,9-11,13,15H,8,26H2,1-2H3;1H/b21-10-;/t15-;/m0./s1. The normalized spacial score (nSPS) is 12.0. The monoisotopic (exact) mass is 482 g/mol. The lowest BCUT2D eigenvalue weighted by atomic mass is 10.0. The Bertz CT molecular complexity index is 1230. The summed E-state index contributed by atoms with van der Waals surface area (Å²) < 4.78 is 2.42. The minimum atomic E-state index is -0.258. The fourth-order valence-electron chi connectivity index (χ4n) is 3.17. The smallest absolute Gasteiger partial charge is 0.232 e. The van der Waals surface area contributed by atoms with Crippen molar-refractivity contribution in [2.45, 2.75) is 26.3 Å². The third-order valence-corrected chi connectivity index (χ3v) is 5.12. The molecule has 3 rings (SSSR count). The number of hydrogen-bond donors (Lipinski definition) is 1. The van der Waals surface area contributed by atoms with Crippen molar-refractivity contribution >= 4 is 56.9 Å². The lowest BCUT2D eigenvalue weighted by Crippen LogP contribution is -2.22. The Morgan fingerprint density at radius 1 is 1.37 bits per heavy atom. The van der Waals surface area contributed by atoms with Gasteiger partial charge >= 0.3 is 0 Å². The summed E-state index contributed by atoms with van der Waals surface area (Å²) in [7, 11) is 0. The van der Waals surface area contributed by atoms with Crippen molar-refractivity contribution < 1.29 is 4.79 Å². The van der Waals surface area contributed by atoms with Crippen LogP contribution in [0.15, 0.2) is 47.1 Å². The number of nitrogens with zero attached hydrogens (tertiary/aromatic N) is 3. The van der Waals surface area contributed by atoms with Crippen LogP contribution in [0.4, 0.5) is 0 Å². The largest absolute Gasteiger partial charge is 0.327 e. The van der Waals surface area contributed by atoms with E-state index in [-0.39, 0.29) is 30.8 Å². The van der Waals surface area contributed by atoms with Gasteiger partial charge in [-0.05, 0) is 66.8 Å². The molecule has 152 valence electrons. The van der Waals surface area contributed by atoms with Crippen LogP contribution in [0, 0.1) is 24.8 Å². The van der Waals surface area contributed by atoms with Gasteiger partial charge in [-0.3, -0.25) is 9.36 Å². The number of carbonyl (C=O) groups is 1. The first-order valence-electron chi connectivity index (χ1n) is 9.03. The highest BCUT2D eigenvalue weighted by atomic mass is 79.9. The average Bonchev–Trinajstić information content (AvgIpc) is 3.05. The van der Waals surface area contributed by atoms with E-state index in [4.69, 9.17) is 12.3 Å². The molecule has 0 fully saturated rings. The molecule has 0 aliphatic rings. The van der Waals surface area contributed by atoms with Crippen molar-refractivity contribution in [3.05, 3.63) is 80.7 Å². The molecule has 30 heavy (non-hydrogen) atoms. The molecular weight excluding hydrogens is 464 g/mol. The van der Waals surface area contributed by atoms with E-state index in [1.807, 2.05) is 31.2 Å². The third-order valence-electron chi connectivity index (χ3n) is 4.63. The van der Waals surface area contributed by atoms with Crippen LogP contribution in [-0.4, -0.2) is 16.5 Å². The Hall–Kier alpha value is -2.90. The zero-order valence-electron chi connectivity index (χ0n) is 16.5. The quantitative estimate of drug-likeness (QED) is 0.476. The van der Waals surface area contributed by atoms with Gasteiger partial charge in [-0.1, -0.05) is 22.0 Å². The highest BCUT2D eigenvalue weighted by molar-refractivity contribution is 9.10. The second kappa shape index (κ2) is 9.73. The van der Waals surface area contributed by atoms with Crippen molar-refractivity contribution in [1.29, 1.82) is 5.26 Å². The second-order valence-electron chi connectivity index (χ2n) is 6.97. The number of hydrogen-bond acceptors (Lipinski definition) is 3. The number of carbonyl (C=O) groups excluding carboxylic acids is 1. The zero-order chi connectivity index (χ0) is 21.1. The predicted molar refractivity (Wildman–Crippen MR) is 126 cm³/mol. The lowest BCUT2D eigenvalue weighted by molar-refractivity contribution is 0.0901. The molecule has 7 heteroatoms. The first-order chi connectivity index (χ1) is 13.8. The van der Waals surface area contributed by atoms with Gasteiger partial charge in [0.2, 0.25) is 5.91 Å². The number of nitriles is 1. The first kappa shape index (κ1) is 23.4. The van der Waals surface area contributed by atoms with Crippen LogP contribution >= 0.6 is 28.3 Å². The Labute approximate surface area is 190 Å². The van der Waals surface area contributed by atoms with E-state index >= 15 is 0 Å². The van der Waals surface area contributed by atoms with E-state index in [0.29, 0.717) is 16.8 Å². The van der Waals surface area contributed by atoms with Crippen molar-refractivity contribution in [1.82, 2.24) is 4.57 Å². The summed E-state index contributed by atoms with van der Waals surface area (Å²) in [6.07, 6.45) is 3.67. The maximum Gasteiger partial charge on any atom is 0.232 e. The third kappa shape index (κ3) is 4.80. The van der Waals surface area contributed by atoms with Gasteiger partial charge in [-0.2, -0.15) is 5.26 Å². The lowest BCUT2D eigenvalue weighted by Gasteiger charge is -2.06. The molecule has 1 atom stereocenters. The summed E-state index contributed by atoms with van der Waals surface area (Å²) in [4.78, 5) is 16.4. The first-order valence-corrected chi connectivity index (χ1v) is 9.83. The minimum absolute atomic E-state index is 0. The molecule has 0 saturated carbocycles. The molecule has 5 nitrogen and oxygen atoms in total. The molecule has 3 aromatic rings. The van der Waals surface area contributed by atoms with Gasteiger partial charge in [0.25, 0.3) is 0 Å². The van der Waals surface area contributed by atoms with E-state index in [9.17, 15) is 10.1 Å². The molecule has 1 heterocycles. The summed E-state index contributed by atoms with van der Waals surface area (Å²) >= 11 is 3.47. The molecule has 0 aliphatic carbocycles. The molecule has 0 unspecified atom stereocenters. The van der Waals surface area contributed by atoms with Crippen LogP contribution in [-0.2, 0) is 0 Å². The molecule has 0 radical (unpaired) electrons. The van der Waals surface area contributed by atoms with Gasteiger partial charge in [0.15, 0.2) is 5.70 Å². The number of halogens is 2. The number of rotatable bonds is 4.